The van der Waals surface area contributed by atoms with Gasteiger partial charge in [-0.25, -0.2) is 28.7 Å². The molecule has 14 nitrogen and oxygen atoms in total. The molecule has 5 aromatic rings. The molecule has 15 heteroatoms. The van der Waals surface area contributed by atoms with Crippen LogP contribution in [-0.4, -0.2) is 68.3 Å². The van der Waals surface area contributed by atoms with E-state index in [4.69, 9.17) is 14.7 Å². The molecule has 5 heterocycles. The molecule has 44 heavy (non-hydrogen) atoms. The fourth-order valence-electron chi connectivity index (χ4n) is 5.60. The van der Waals surface area contributed by atoms with Gasteiger partial charge in [0.25, 0.3) is 5.91 Å². The molecular weight excluding hydrogens is 567 g/mol. The lowest BCUT2D eigenvalue weighted by Gasteiger charge is -2.38. The van der Waals surface area contributed by atoms with Crippen molar-refractivity contribution in [3.8, 4) is 5.82 Å². The van der Waals surface area contributed by atoms with Crippen molar-refractivity contribution in [2.45, 2.75) is 77.0 Å². The van der Waals surface area contributed by atoms with Gasteiger partial charge in [-0.1, -0.05) is 6.92 Å². The maximum Gasteiger partial charge on any atom is 0.252 e. The van der Waals surface area contributed by atoms with Crippen LogP contribution in [0.4, 0.5) is 16.0 Å². The Kier molecular flexibility index (Phi) is 8.03. The number of ether oxygens (including phenoxy) is 1. The van der Waals surface area contributed by atoms with Crippen molar-refractivity contribution in [2.24, 2.45) is 0 Å². The lowest BCUT2D eigenvalue weighted by atomic mass is 9.77. The molecule has 6 rings (SSSR count). The number of hydrogen-bond donors (Lipinski definition) is 3. The van der Waals surface area contributed by atoms with Crippen LogP contribution in [0.5, 0.6) is 0 Å². The van der Waals surface area contributed by atoms with Crippen LogP contribution in [0.25, 0.3) is 16.9 Å². The second-order valence-electron chi connectivity index (χ2n) is 11.2. The van der Waals surface area contributed by atoms with Gasteiger partial charge in [-0.2, -0.15) is 15.3 Å². The van der Waals surface area contributed by atoms with Gasteiger partial charge in [-0.05, 0) is 46.0 Å². The molecular formula is C29H35FN12O2. The van der Waals surface area contributed by atoms with E-state index in [9.17, 15) is 9.18 Å². The molecule has 0 radical (unpaired) electrons. The summed E-state index contributed by atoms with van der Waals surface area (Å²) < 4.78 is 22.4. The number of aryl methyl sites for hydroxylation is 2. The zero-order valence-electron chi connectivity index (χ0n) is 25.1. The highest BCUT2D eigenvalue weighted by Gasteiger charge is 2.43. The third-order valence-electron chi connectivity index (χ3n) is 8.10. The summed E-state index contributed by atoms with van der Waals surface area (Å²) in [5.41, 5.74) is 1.27. The van der Waals surface area contributed by atoms with Gasteiger partial charge in [-0.15, -0.1) is 0 Å². The number of aromatic amines is 1. The Labute approximate surface area is 252 Å². The number of hydrogen-bond acceptors (Lipinski definition) is 10. The number of amides is 1. The van der Waals surface area contributed by atoms with Crippen LogP contribution in [0.3, 0.4) is 0 Å². The molecule has 0 bridgehead atoms. The topological polar surface area (TPSA) is 166 Å². The first-order valence-electron chi connectivity index (χ1n) is 14.7. The van der Waals surface area contributed by atoms with Crippen molar-refractivity contribution < 1.29 is 13.9 Å². The number of fused-ring (bicyclic) bond motifs is 1. The fourth-order valence-corrected chi connectivity index (χ4v) is 5.60. The number of carbonyl (C=O) groups excluding carboxylic acids is 1. The predicted octanol–water partition coefficient (Wildman–Crippen LogP) is 4.05. The van der Waals surface area contributed by atoms with Gasteiger partial charge in [0, 0.05) is 31.3 Å². The summed E-state index contributed by atoms with van der Waals surface area (Å²) in [6, 6.07) is 1.49. The van der Waals surface area contributed by atoms with E-state index in [0.29, 0.717) is 54.7 Å². The van der Waals surface area contributed by atoms with Gasteiger partial charge in [0.2, 0.25) is 0 Å². The van der Waals surface area contributed by atoms with Crippen LogP contribution in [0.2, 0.25) is 0 Å². The molecule has 1 aliphatic rings. The quantitative estimate of drug-likeness (QED) is 0.212. The minimum atomic E-state index is -0.994. The average molecular weight is 603 g/mol. The molecule has 0 unspecified atom stereocenters. The Morgan fingerprint density at radius 2 is 2.00 bits per heavy atom. The second kappa shape index (κ2) is 12.1. The summed E-state index contributed by atoms with van der Waals surface area (Å²) in [5.74, 6) is 1.75. The highest BCUT2D eigenvalue weighted by Crippen LogP contribution is 2.40. The monoisotopic (exact) mass is 602 g/mol. The van der Waals surface area contributed by atoms with Crippen molar-refractivity contribution in [1.29, 1.82) is 0 Å². The molecule has 0 aromatic carbocycles. The van der Waals surface area contributed by atoms with Gasteiger partial charge in [0.15, 0.2) is 23.1 Å². The van der Waals surface area contributed by atoms with Crippen LogP contribution in [0, 0.1) is 12.7 Å². The van der Waals surface area contributed by atoms with E-state index in [0.717, 1.165) is 35.9 Å². The number of aromatic nitrogens is 10. The number of rotatable bonds is 10. The number of nitrogens with zero attached hydrogens (tertiary/aromatic N) is 9. The summed E-state index contributed by atoms with van der Waals surface area (Å²) in [7, 11) is 1.57. The minimum Gasteiger partial charge on any atom is -0.368 e. The molecule has 0 saturated heterocycles. The van der Waals surface area contributed by atoms with E-state index in [2.05, 4.69) is 47.9 Å². The Morgan fingerprint density at radius 1 is 1.18 bits per heavy atom. The first-order valence-corrected chi connectivity index (χ1v) is 14.7. The Balaban J connectivity index is 1.17. The van der Waals surface area contributed by atoms with E-state index in [-0.39, 0.29) is 11.8 Å². The largest absolute Gasteiger partial charge is 0.368 e. The normalized spacial score (nSPS) is 19.2. The first-order chi connectivity index (χ1) is 21.3. The molecule has 1 atom stereocenters. The zero-order valence-corrected chi connectivity index (χ0v) is 25.1. The van der Waals surface area contributed by atoms with Crippen LogP contribution in [0.15, 0.2) is 37.1 Å². The summed E-state index contributed by atoms with van der Waals surface area (Å²) in [6.45, 7) is 6.62. The van der Waals surface area contributed by atoms with E-state index in [1.54, 1.807) is 19.5 Å². The molecule has 0 spiro atoms. The minimum absolute atomic E-state index is 0.0323. The lowest BCUT2D eigenvalue weighted by molar-refractivity contribution is -0.148. The van der Waals surface area contributed by atoms with Crippen molar-refractivity contribution in [3.63, 3.8) is 0 Å². The first kappa shape index (κ1) is 29.3. The number of halogens is 1. The lowest BCUT2D eigenvalue weighted by Crippen LogP contribution is -2.51. The maximum absolute atomic E-state index is 13.6. The van der Waals surface area contributed by atoms with E-state index < -0.39 is 17.5 Å². The zero-order chi connectivity index (χ0) is 30.8. The van der Waals surface area contributed by atoms with E-state index >= 15 is 0 Å². The standard InChI is InChI=1S/C29H35FN12O2/c1-5-10-41-27-21(13-34-41)26(36-23-11-17(2)39-40-23)37-25(38-27)19-6-8-29(44-4,9-7-19)28(43)35-18(3)22-14-32-24(15-31-22)42-16-20(30)12-33-42/h11-16,18-19H,5-10H2,1-4H3,(H,35,43)(H2,36,37,38,39,40)/t18-,19?,29?/m0/s1. The fraction of sp³-hybridized carbons (Fsp3) is 0.448. The van der Waals surface area contributed by atoms with Gasteiger partial charge in [0.1, 0.15) is 17.2 Å². The summed E-state index contributed by atoms with van der Waals surface area (Å²) in [4.78, 5) is 32.2. The summed E-state index contributed by atoms with van der Waals surface area (Å²) in [5, 5.41) is 22.9. The van der Waals surface area contributed by atoms with Crippen molar-refractivity contribution in [3.05, 3.63) is 60.1 Å². The van der Waals surface area contributed by atoms with Crippen LogP contribution >= 0.6 is 0 Å². The SMILES string of the molecule is CCCn1ncc2c(Nc3cc(C)[nH]n3)nc(C3CCC(OC)(C(=O)N[C@@H](C)c4cnc(-n5cc(F)cn5)cn4)CC3)nc21. The van der Waals surface area contributed by atoms with Gasteiger partial charge >= 0.3 is 0 Å². The van der Waals surface area contributed by atoms with E-state index in [1.165, 1.54) is 17.1 Å². The molecule has 0 aliphatic heterocycles. The Morgan fingerprint density at radius 3 is 2.64 bits per heavy atom. The van der Waals surface area contributed by atoms with Gasteiger partial charge in [-0.3, -0.25) is 14.9 Å². The predicted molar refractivity (Wildman–Crippen MR) is 159 cm³/mol. The highest BCUT2D eigenvalue weighted by atomic mass is 19.1. The molecule has 5 aromatic heterocycles. The number of H-pyrrole nitrogens is 1. The molecule has 1 amide bonds. The number of carbonyl (C=O) groups is 1. The third kappa shape index (κ3) is 5.74. The third-order valence-corrected chi connectivity index (χ3v) is 8.10. The number of nitrogens with one attached hydrogen (secondary N) is 3. The number of anilines is 2. The van der Waals surface area contributed by atoms with Crippen molar-refractivity contribution in [2.75, 3.05) is 12.4 Å². The van der Waals surface area contributed by atoms with Gasteiger partial charge in [0.05, 0.1) is 48.1 Å². The number of methoxy groups -OCH3 is 1. The summed E-state index contributed by atoms with van der Waals surface area (Å²) >= 11 is 0. The van der Waals surface area contributed by atoms with Crippen LogP contribution in [0.1, 0.15) is 75.1 Å². The summed E-state index contributed by atoms with van der Waals surface area (Å²) in [6.07, 6.45) is 10.4. The van der Waals surface area contributed by atoms with Crippen molar-refractivity contribution in [1.82, 2.24) is 55.0 Å². The van der Waals surface area contributed by atoms with Gasteiger partial charge < -0.3 is 15.4 Å². The molecule has 1 saturated carbocycles. The van der Waals surface area contributed by atoms with Crippen LogP contribution in [-0.2, 0) is 16.1 Å². The smallest absolute Gasteiger partial charge is 0.252 e. The van der Waals surface area contributed by atoms with Crippen LogP contribution < -0.4 is 10.6 Å². The maximum atomic E-state index is 13.6. The molecule has 1 aliphatic carbocycles. The Hall–Kier alpha value is -4.79. The molecule has 1 fully saturated rings. The second-order valence-corrected chi connectivity index (χ2v) is 11.2. The molecule has 3 N–H and O–H groups in total. The van der Waals surface area contributed by atoms with E-state index in [1.807, 2.05) is 24.6 Å². The average Bonchev–Trinajstić information content (AvgIpc) is 3.77. The Bertz CT molecular complexity index is 1750. The molecule has 230 valence electrons. The van der Waals surface area contributed by atoms with Crippen molar-refractivity contribution >= 4 is 28.6 Å². The highest BCUT2D eigenvalue weighted by molar-refractivity contribution is 5.88.